The minimum Gasteiger partial charge on any atom is -0.488 e. The van der Waals surface area contributed by atoms with Gasteiger partial charge in [0.15, 0.2) is 5.90 Å². The van der Waals surface area contributed by atoms with Crippen LogP contribution in [0, 0.1) is 12.8 Å². The molecule has 1 aromatic rings. The fourth-order valence-electron chi connectivity index (χ4n) is 3.18. The number of allylic oxidation sites excluding steroid dienone is 1. The molecule has 2 aliphatic heterocycles. The normalized spacial score (nSPS) is 17.5. The molecule has 0 saturated carbocycles. The number of aryl methyl sites for hydroxylation is 1. The molecule has 144 valence electrons. The first-order valence-corrected chi connectivity index (χ1v) is 12.0. The molecule has 1 aromatic carbocycles. The Balaban J connectivity index is 0.00000117. The van der Waals surface area contributed by atoms with Crippen molar-refractivity contribution in [2.75, 3.05) is 26.3 Å². The fraction of sp³-hybridized carbons (Fsp3) is 0.526. The Morgan fingerprint density at radius 1 is 1.15 bits per heavy atom. The Morgan fingerprint density at radius 3 is 2.54 bits per heavy atom. The number of nitrogens with one attached hydrogen (secondary N) is 1. The molecule has 2 aliphatic rings. The van der Waals surface area contributed by atoms with Crippen LogP contribution in [-0.2, 0) is 4.74 Å². The van der Waals surface area contributed by atoms with Crippen LogP contribution in [-0.4, -0.2) is 32.2 Å². The zero-order chi connectivity index (χ0) is 18.8. The van der Waals surface area contributed by atoms with Crippen LogP contribution in [0.5, 0.6) is 5.75 Å². The highest BCUT2D eigenvalue weighted by atomic mass is 127. The van der Waals surface area contributed by atoms with Crippen molar-refractivity contribution in [2.24, 2.45) is 10.9 Å². The molecule has 0 atom stereocenters. The lowest BCUT2D eigenvalue weighted by molar-refractivity contribution is 0.204. The standard InChI is InChI=1S/C19H25ClN2O2.ClI/c1-14-2-4-18(17(20)12-14)23-10-11-24-19-5-3-16(13-22-19)15-6-8-21-9-7-15;1-2/h2,4,12-13,15,21H,3,5-11H2,1H3;. The summed E-state index contributed by atoms with van der Waals surface area (Å²) >= 11 is 7.77. The number of benzene rings is 1. The van der Waals surface area contributed by atoms with Gasteiger partial charge in [-0.1, -0.05) is 17.7 Å². The van der Waals surface area contributed by atoms with Crippen LogP contribution in [0.15, 0.2) is 35.0 Å². The maximum atomic E-state index is 6.15. The number of rotatable bonds is 5. The summed E-state index contributed by atoms with van der Waals surface area (Å²) in [5.41, 5.74) is 2.60. The molecule has 0 amide bonds. The van der Waals surface area contributed by atoms with Crippen molar-refractivity contribution in [3.8, 4) is 5.75 Å². The highest BCUT2D eigenvalue weighted by Gasteiger charge is 2.20. The van der Waals surface area contributed by atoms with Crippen LogP contribution >= 0.6 is 42.0 Å². The summed E-state index contributed by atoms with van der Waals surface area (Å²) in [5, 5.41) is 4.04. The van der Waals surface area contributed by atoms with Crippen LogP contribution in [0.2, 0.25) is 5.02 Å². The number of hydrogen-bond acceptors (Lipinski definition) is 4. The lowest BCUT2D eigenvalue weighted by Crippen LogP contribution is -2.29. The monoisotopic (exact) mass is 510 g/mol. The highest BCUT2D eigenvalue weighted by Crippen LogP contribution is 2.28. The number of piperidine rings is 1. The zero-order valence-corrected chi connectivity index (χ0v) is 18.6. The van der Waals surface area contributed by atoms with E-state index < -0.39 is 0 Å². The van der Waals surface area contributed by atoms with Gasteiger partial charge in [0.05, 0.1) is 5.02 Å². The molecule has 0 unspecified atom stereocenters. The van der Waals surface area contributed by atoms with Gasteiger partial charge < -0.3 is 14.8 Å². The Morgan fingerprint density at radius 2 is 1.88 bits per heavy atom. The molecule has 0 spiro atoms. The second-order valence-corrected chi connectivity index (χ2v) is 6.79. The molecule has 2 heterocycles. The fourth-order valence-corrected chi connectivity index (χ4v) is 3.47. The Labute approximate surface area is 178 Å². The molecule has 1 N–H and O–H groups in total. The third-order valence-corrected chi connectivity index (χ3v) is 4.86. The van der Waals surface area contributed by atoms with E-state index >= 15 is 0 Å². The first-order valence-electron chi connectivity index (χ1n) is 8.85. The van der Waals surface area contributed by atoms with Gasteiger partial charge in [-0.25, -0.2) is 4.99 Å². The molecule has 1 saturated heterocycles. The van der Waals surface area contributed by atoms with E-state index in [1.807, 2.05) is 31.3 Å². The third-order valence-electron chi connectivity index (χ3n) is 4.56. The Kier molecular flexibility index (Phi) is 10.1. The second kappa shape index (κ2) is 12.1. The molecule has 4 nitrogen and oxygen atoms in total. The SMILES string of the molecule is Cc1ccc(OCCOC2=NC=C(C3CCNCC3)CC2)c(Cl)c1.ClI. The number of nitrogens with zero attached hydrogens (tertiary/aromatic N) is 1. The molecule has 1 fully saturated rings. The maximum absolute atomic E-state index is 6.15. The van der Waals surface area contributed by atoms with Gasteiger partial charge in [0.2, 0.25) is 0 Å². The Bertz CT molecular complexity index is 632. The van der Waals surface area contributed by atoms with Gasteiger partial charge in [-0.15, -0.1) is 0 Å². The van der Waals surface area contributed by atoms with Crippen molar-refractivity contribution in [1.82, 2.24) is 5.32 Å². The van der Waals surface area contributed by atoms with Crippen molar-refractivity contribution in [3.05, 3.63) is 40.6 Å². The predicted octanol–water partition coefficient (Wildman–Crippen LogP) is 5.69. The molecular weight excluding hydrogens is 486 g/mol. The van der Waals surface area contributed by atoms with Gasteiger partial charge in [0.25, 0.3) is 0 Å². The van der Waals surface area contributed by atoms with E-state index in [0.717, 1.165) is 37.4 Å². The van der Waals surface area contributed by atoms with Crippen LogP contribution in [0.3, 0.4) is 0 Å². The van der Waals surface area contributed by atoms with Crippen molar-refractivity contribution in [3.63, 3.8) is 0 Å². The summed E-state index contributed by atoms with van der Waals surface area (Å²) in [6.45, 7) is 5.19. The van der Waals surface area contributed by atoms with Crippen molar-refractivity contribution >= 4 is 47.9 Å². The molecule has 7 heteroatoms. The molecule has 0 aliphatic carbocycles. The van der Waals surface area contributed by atoms with E-state index in [1.54, 1.807) is 21.5 Å². The van der Waals surface area contributed by atoms with Gasteiger partial charge >= 0.3 is 0 Å². The summed E-state index contributed by atoms with van der Waals surface area (Å²) in [6, 6.07) is 5.78. The average Bonchev–Trinajstić information content (AvgIpc) is 2.69. The Hall–Kier alpha value is -0.500. The lowest BCUT2D eigenvalue weighted by Gasteiger charge is -2.26. The first-order chi connectivity index (χ1) is 12.7. The van der Waals surface area contributed by atoms with E-state index in [9.17, 15) is 0 Å². The summed E-state index contributed by atoms with van der Waals surface area (Å²) in [4.78, 5) is 4.49. The second-order valence-electron chi connectivity index (χ2n) is 6.38. The number of aliphatic imine (C=N–C) groups is 1. The maximum Gasteiger partial charge on any atom is 0.188 e. The van der Waals surface area contributed by atoms with Crippen molar-refractivity contribution < 1.29 is 9.47 Å². The summed E-state index contributed by atoms with van der Waals surface area (Å²) in [7, 11) is 4.61. The molecule has 26 heavy (non-hydrogen) atoms. The minimum atomic E-state index is 0.465. The predicted molar refractivity (Wildman–Crippen MR) is 118 cm³/mol. The number of ether oxygens (including phenoxy) is 2. The van der Waals surface area contributed by atoms with Crippen molar-refractivity contribution in [2.45, 2.75) is 32.6 Å². The van der Waals surface area contributed by atoms with Gasteiger partial charge in [0, 0.05) is 34.1 Å². The van der Waals surface area contributed by atoms with Crippen LogP contribution in [0.4, 0.5) is 0 Å². The minimum absolute atomic E-state index is 0.465. The summed E-state index contributed by atoms with van der Waals surface area (Å²) in [5.74, 6) is 2.21. The zero-order valence-electron chi connectivity index (χ0n) is 14.9. The van der Waals surface area contributed by atoms with Gasteiger partial charge in [-0.2, -0.15) is 0 Å². The van der Waals surface area contributed by atoms with Crippen molar-refractivity contribution in [1.29, 1.82) is 0 Å². The molecule has 0 radical (unpaired) electrons. The average molecular weight is 511 g/mol. The molecular formula is C19H25Cl2IN2O2. The molecule has 0 bridgehead atoms. The van der Waals surface area contributed by atoms with E-state index in [4.69, 9.17) is 21.1 Å². The number of hydrogen-bond donors (Lipinski definition) is 1. The van der Waals surface area contributed by atoms with Gasteiger partial charge in [-0.05, 0) is 77.4 Å². The summed E-state index contributed by atoms with van der Waals surface area (Å²) < 4.78 is 11.4. The van der Waals surface area contributed by atoms with Crippen LogP contribution in [0.1, 0.15) is 31.2 Å². The van der Waals surface area contributed by atoms with E-state index in [-0.39, 0.29) is 0 Å². The first kappa shape index (κ1) is 21.8. The van der Waals surface area contributed by atoms with Crippen LogP contribution < -0.4 is 10.1 Å². The summed E-state index contributed by atoms with van der Waals surface area (Å²) in [6.07, 6.45) is 6.42. The topological polar surface area (TPSA) is 42.9 Å². The van der Waals surface area contributed by atoms with E-state index in [1.165, 1.54) is 18.4 Å². The van der Waals surface area contributed by atoms with E-state index in [0.29, 0.717) is 29.9 Å². The van der Waals surface area contributed by atoms with Crippen LogP contribution in [0.25, 0.3) is 0 Å². The largest absolute Gasteiger partial charge is 0.488 e. The smallest absolute Gasteiger partial charge is 0.188 e. The highest BCUT2D eigenvalue weighted by molar-refractivity contribution is 14.1. The number of halogens is 3. The molecule has 0 aromatic heterocycles. The molecule has 3 rings (SSSR count). The quantitative estimate of drug-likeness (QED) is 0.408. The van der Waals surface area contributed by atoms with Gasteiger partial charge in [0.1, 0.15) is 19.0 Å². The third kappa shape index (κ3) is 6.91. The van der Waals surface area contributed by atoms with Gasteiger partial charge in [-0.3, -0.25) is 0 Å². The lowest BCUT2D eigenvalue weighted by atomic mass is 9.87. The van der Waals surface area contributed by atoms with E-state index in [2.05, 4.69) is 19.2 Å².